The molecule has 5 nitrogen and oxygen atoms in total. The Balaban J connectivity index is 1.84. The van der Waals surface area contributed by atoms with Crippen LogP contribution in [-0.2, 0) is 4.84 Å². The first-order chi connectivity index (χ1) is 11.0. The predicted molar refractivity (Wildman–Crippen MR) is 90.8 cm³/mol. The van der Waals surface area contributed by atoms with E-state index in [9.17, 15) is 4.79 Å². The molecule has 1 heterocycles. The van der Waals surface area contributed by atoms with E-state index in [1.807, 2.05) is 13.0 Å². The van der Waals surface area contributed by atoms with Crippen molar-refractivity contribution >= 4 is 11.6 Å². The molecule has 1 aliphatic heterocycles. The lowest BCUT2D eigenvalue weighted by atomic mass is 10.0. The summed E-state index contributed by atoms with van der Waals surface area (Å²) < 4.78 is 5.55. The smallest absolute Gasteiger partial charge is 0.251 e. The maximum Gasteiger partial charge on any atom is 0.251 e. The van der Waals surface area contributed by atoms with Crippen molar-refractivity contribution in [1.29, 1.82) is 0 Å². The minimum Gasteiger partial charge on any atom is -0.489 e. The fourth-order valence-electron chi connectivity index (χ4n) is 2.14. The van der Waals surface area contributed by atoms with E-state index in [4.69, 9.17) is 9.57 Å². The molecule has 5 heteroatoms. The van der Waals surface area contributed by atoms with Gasteiger partial charge in [0.05, 0.1) is 12.3 Å². The summed E-state index contributed by atoms with van der Waals surface area (Å²) in [6.07, 6.45) is 0.680. The Labute approximate surface area is 137 Å². The molecule has 2 rings (SSSR count). The molecule has 1 aromatic rings. The minimum absolute atomic E-state index is 0.0841. The predicted octanol–water partition coefficient (Wildman–Crippen LogP) is 3.17. The molecule has 1 atom stereocenters. The van der Waals surface area contributed by atoms with Gasteiger partial charge in [-0.25, -0.2) is 0 Å². The largest absolute Gasteiger partial charge is 0.489 e. The van der Waals surface area contributed by atoms with E-state index in [0.29, 0.717) is 30.4 Å². The molecule has 1 aromatic carbocycles. The number of carbonyl (C=O) groups excluding carboxylic acids is 1. The second kappa shape index (κ2) is 7.81. The zero-order chi connectivity index (χ0) is 16.8. The van der Waals surface area contributed by atoms with E-state index in [2.05, 4.69) is 30.9 Å². The number of nitrogens with one attached hydrogen (secondary N) is 1. The molecular weight excluding hydrogens is 292 g/mol. The Hall–Kier alpha value is -2.30. The number of benzene rings is 1. The molecule has 0 aliphatic carbocycles. The standard InChI is InChI=1S/C18H24N2O3/c1-12(2)11-22-15-7-5-6-14(8-15)18(21)19-10-16-9-17(13(3)4)20-23-16/h5-8,13,16H,1,9-11H2,2-4H3,(H,19,21)/t16-/m0/s1. The van der Waals surface area contributed by atoms with Crippen LogP contribution in [0.5, 0.6) is 5.75 Å². The van der Waals surface area contributed by atoms with Crippen LogP contribution in [0.3, 0.4) is 0 Å². The van der Waals surface area contributed by atoms with Crippen LogP contribution in [0.4, 0.5) is 0 Å². The van der Waals surface area contributed by atoms with Gasteiger partial charge in [-0.15, -0.1) is 0 Å². The number of rotatable bonds is 7. The fraction of sp³-hybridized carbons (Fsp3) is 0.444. The number of nitrogens with zero attached hydrogens (tertiary/aromatic N) is 1. The SMILES string of the molecule is C=C(C)COc1cccc(C(=O)NC[C@@H]2CC(C(C)C)=NO2)c1. The van der Waals surface area contributed by atoms with Gasteiger partial charge in [-0.1, -0.05) is 31.6 Å². The first-order valence-corrected chi connectivity index (χ1v) is 7.83. The van der Waals surface area contributed by atoms with Crippen LogP contribution in [0.2, 0.25) is 0 Å². The van der Waals surface area contributed by atoms with E-state index in [1.165, 1.54) is 0 Å². The highest BCUT2D eigenvalue weighted by Crippen LogP contribution is 2.16. The molecule has 124 valence electrons. The van der Waals surface area contributed by atoms with Gasteiger partial charge in [0.25, 0.3) is 5.91 Å². The number of hydrogen-bond donors (Lipinski definition) is 1. The lowest BCUT2D eigenvalue weighted by Crippen LogP contribution is -2.32. The topological polar surface area (TPSA) is 59.9 Å². The van der Waals surface area contributed by atoms with Gasteiger partial charge in [-0.05, 0) is 36.6 Å². The lowest BCUT2D eigenvalue weighted by molar-refractivity contribution is 0.0753. The Bertz CT molecular complexity index is 608. The molecule has 0 spiro atoms. The molecule has 0 saturated heterocycles. The van der Waals surface area contributed by atoms with Gasteiger partial charge in [-0.3, -0.25) is 4.79 Å². The summed E-state index contributed by atoms with van der Waals surface area (Å²) in [5.41, 5.74) is 2.53. The highest BCUT2D eigenvalue weighted by molar-refractivity contribution is 5.94. The molecule has 0 unspecified atom stereocenters. The van der Waals surface area contributed by atoms with E-state index in [-0.39, 0.29) is 12.0 Å². The molecular formula is C18H24N2O3. The van der Waals surface area contributed by atoms with Crippen molar-refractivity contribution in [3.8, 4) is 5.75 Å². The van der Waals surface area contributed by atoms with Crippen LogP contribution in [0.25, 0.3) is 0 Å². The number of oxime groups is 1. The first kappa shape index (κ1) is 17.1. The van der Waals surface area contributed by atoms with E-state index >= 15 is 0 Å². The lowest BCUT2D eigenvalue weighted by Gasteiger charge is -2.11. The van der Waals surface area contributed by atoms with Gasteiger partial charge >= 0.3 is 0 Å². The molecule has 0 saturated carbocycles. The molecule has 1 amide bonds. The highest BCUT2D eigenvalue weighted by atomic mass is 16.6. The average molecular weight is 316 g/mol. The van der Waals surface area contributed by atoms with Crippen molar-refractivity contribution in [2.75, 3.05) is 13.2 Å². The van der Waals surface area contributed by atoms with Gasteiger partial charge in [0.15, 0.2) is 0 Å². The van der Waals surface area contributed by atoms with Crippen LogP contribution in [0.1, 0.15) is 37.6 Å². The van der Waals surface area contributed by atoms with E-state index < -0.39 is 0 Å². The number of carbonyl (C=O) groups is 1. The maximum atomic E-state index is 12.2. The normalized spacial score (nSPS) is 16.7. The van der Waals surface area contributed by atoms with E-state index in [0.717, 1.165) is 17.7 Å². The fourth-order valence-corrected chi connectivity index (χ4v) is 2.14. The van der Waals surface area contributed by atoms with Gasteiger partial charge in [0.1, 0.15) is 18.5 Å². The van der Waals surface area contributed by atoms with Crippen molar-refractivity contribution in [2.24, 2.45) is 11.1 Å². The van der Waals surface area contributed by atoms with Gasteiger partial charge < -0.3 is 14.9 Å². The van der Waals surface area contributed by atoms with Crippen LogP contribution in [-0.4, -0.2) is 30.9 Å². The second-order valence-corrected chi connectivity index (χ2v) is 6.15. The average Bonchev–Trinajstić information content (AvgIpc) is 3.00. The molecule has 0 radical (unpaired) electrons. The third-order valence-corrected chi connectivity index (χ3v) is 3.49. The van der Waals surface area contributed by atoms with Crippen LogP contribution in [0, 0.1) is 5.92 Å². The number of hydrogen-bond acceptors (Lipinski definition) is 4. The zero-order valence-corrected chi connectivity index (χ0v) is 14.0. The molecule has 0 fully saturated rings. The van der Waals surface area contributed by atoms with Gasteiger partial charge in [0, 0.05) is 12.0 Å². The van der Waals surface area contributed by atoms with Crippen LogP contribution in [0.15, 0.2) is 41.6 Å². The van der Waals surface area contributed by atoms with Crippen molar-refractivity contribution in [1.82, 2.24) is 5.32 Å². The Kier molecular flexibility index (Phi) is 5.79. The van der Waals surface area contributed by atoms with Gasteiger partial charge in [-0.2, -0.15) is 0 Å². The molecule has 0 aromatic heterocycles. The zero-order valence-electron chi connectivity index (χ0n) is 14.0. The Morgan fingerprint density at radius 3 is 2.96 bits per heavy atom. The molecule has 1 aliphatic rings. The van der Waals surface area contributed by atoms with Crippen molar-refractivity contribution in [2.45, 2.75) is 33.3 Å². The third kappa shape index (κ3) is 5.13. The number of ether oxygens (including phenoxy) is 1. The van der Waals surface area contributed by atoms with Gasteiger partial charge in [0.2, 0.25) is 0 Å². The summed E-state index contributed by atoms with van der Waals surface area (Å²) >= 11 is 0. The summed E-state index contributed by atoms with van der Waals surface area (Å²) in [6, 6.07) is 7.11. The first-order valence-electron chi connectivity index (χ1n) is 7.83. The second-order valence-electron chi connectivity index (χ2n) is 6.15. The summed E-state index contributed by atoms with van der Waals surface area (Å²) in [4.78, 5) is 17.6. The highest BCUT2D eigenvalue weighted by Gasteiger charge is 2.23. The van der Waals surface area contributed by atoms with Crippen molar-refractivity contribution < 1.29 is 14.4 Å². The maximum absolute atomic E-state index is 12.2. The Morgan fingerprint density at radius 2 is 2.30 bits per heavy atom. The van der Waals surface area contributed by atoms with Crippen molar-refractivity contribution in [3.05, 3.63) is 42.0 Å². The number of amides is 1. The minimum atomic E-state index is -0.146. The summed E-state index contributed by atoms with van der Waals surface area (Å²) in [5.74, 6) is 0.883. The summed E-state index contributed by atoms with van der Waals surface area (Å²) in [6.45, 7) is 10.7. The quantitative estimate of drug-likeness (QED) is 0.786. The van der Waals surface area contributed by atoms with Crippen molar-refractivity contribution in [3.63, 3.8) is 0 Å². The van der Waals surface area contributed by atoms with Crippen LogP contribution < -0.4 is 10.1 Å². The van der Waals surface area contributed by atoms with Crippen LogP contribution >= 0.6 is 0 Å². The molecule has 0 bridgehead atoms. The summed E-state index contributed by atoms with van der Waals surface area (Å²) in [5, 5.41) is 6.94. The summed E-state index contributed by atoms with van der Waals surface area (Å²) in [7, 11) is 0. The monoisotopic (exact) mass is 316 g/mol. The molecule has 23 heavy (non-hydrogen) atoms. The third-order valence-electron chi connectivity index (χ3n) is 3.49. The Morgan fingerprint density at radius 1 is 1.52 bits per heavy atom. The molecule has 1 N–H and O–H groups in total. The van der Waals surface area contributed by atoms with E-state index in [1.54, 1.807) is 18.2 Å².